The summed E-state index contributed by atoms with van der Waals surface area (Å²) in [5, 5.41) is 1.84. The number of anilines is 2. The molecule has 4 aromatic rings. The highest BCUT2D eigenvalue weighted by molar-refractivity contribution is 9.10. The Morgan fingerprint density at radius 3 is 2.46 bits per heavy atom. The molecule has 3 amide bonds. The van der Waals surface area contributed by atoms with Crippen molar-refractivity contribution < 1.29 is 32.0 Å². The van der Waals surface area contributed by atoms with E-state index in [0.29, 0.717) is 21.4 Å². The number of carbonyl (C=O) groups excluding carboxylic acids is 3. The van der Waals surface area contributed by atoms with Gasteiger partial charge in [-0.1, -0.05) is 45.1 Å². The van der Waals surface area contributed by atoms with Gasteiger partial charge in [-0.2, -0.15) is 13.2 Å². The molecule has 3 unspecified atom stereocenters. The summed E-state index contributed by atoms with van der Waals surface area (Å²) < 4.78 is 46.9. The minimum Gasteiger partial charge on any atom is -0.469 e. The number of nitrogens with one attached hydrogen (secondary N) is 1. The number of carbonyl (C=O) groups is 3. The third-order valence-electron chi connectivity index (χ3n) is 6.76. The predicted molar refractivity (Wildman–Crippen MR) is 149 cm³/mol. The zero-order valence-electron chi connectivity index (χ0n) is 20.6. The maximum atomic E-state index is 13.7. The molecule has 41 heavy (non-hydrogen) atoms. The van der Waals surface area contributed by atoms with E-state index < -0.39 is 58.0 Å². The molecule has 1 saturated heterocycles. The lowest BCUT2D eigenvalue weighted by Crippen LogP contribution is -2.32. The lowest BCUT2D eigenvalue weighted by Gasteiger charge is -2.29. The largest absolute Gasteiger partial charge is 0.469 e. The van der Waals surface area contributed by atoms with Crippen LogP contribution in [-0.4, -0.2) is 27.5 Å². The van der Waals surface area contributed by atoms with Crippen LogP contribution in [0.3, 0.4) is 0 Å². The molecule has 0 saturated carbocycles. The summed E-state index contributed by atoms with van der Waals surface area (Å²) in [6.45, 7) is -0.505. The van der Waals surface area contributed by atoms with Gasteiger partial charge in [0.2, 0.25) is 17.7 Å². The van der Waals surface area contributed by atoms with Crippen molar-refractivity contribution in [3.8, 4) is 0 Å². The van der Waals surface area contributed by atoms with Crippen molar-refractivity contribution in [3.05, 3.63) is 97.3 Å². The molecule has 4 heterocycles. The summed E-state index contributed by atoms with van der Waals surface area (Å²) in [7, 11) is 0. The second-order valence-electron chi connectivity index (χ2n) is 9.30. The Balaban J connectivity index is 1.35. The first-order valence-corrected chi connectivity index (χ1v) is 14.6. The van der Waals surface area contributed by atoms with Crippen molar-refractivity contribution in [3.63, 3.8) is 0 Å². The molecule has 3 atom stereocenters. The lowest BCUT2D eigenvalue weighted by molar-refractivity contribution is -0.137. The van der Waals surface area contributed by atoms with E-state index in [4.69, 9.17) is 4.42 Å². The van der Waals surface area contributed by atoms with Gasteiger partial charge in [-0.3, -0.25) is 23.7 Å². The van der Waals surface area contributed by atoms with Crippen molar-refractivity contribution in [2.75, 3.05) is 10.2 Å². The second kappa shape index (κ2) is 10.3. The Morgan fingerprint density at radius 1 is 1.02 bits per heavy atom. The van der Waals surface area contributed by atoms with Crippen LogP contribution in [0.15, 0.2) is 85.6 Å². The van der Waals surface area contributed by atoms with Crippen LogP contribution >= 0.6 is 39.0 Å². The first-order chi connectivity index (χ1) is 19.5. The zero-order chi connectivity index (χ0) is 29.1. The molecule has 0 aliphatic carbocycles. The molecule has 2 aromatic heterocycles. The Bertz CT molecular complexity index is 1730. The summed E-state index contributed by atoms with van der Waals surface area (Å²) in [5.41, 5.74) is -0.606. The monoisotopic (exact) mass is 663 g/mol. The number of amides is 3. The summed E-state index contributed by atoms with van der Waals surface area (Å²) >= 11 is 5.21. The second-order valence-corrected chi connectivity index (χ2v) is 12.3. The van der Waals surface area contributed by atoms with E-state index in [1.54, 1.807) is 36.4 Å². The maximum absolute atomic E-state index is 13.7. The number of aromatic nitrogens is 1. The van der Waals surface area contributed by atoms with Gasteiger partial charge in [-0.15, -0.1) is 0 Å². The number of furan rings is 1. The van der Waals surface area contributed by atoms with Gasteiger partial charge in [0.1, 0.15) is 17.6 Å². The Morgan fingerprint density at radius 2 is 1.78 bits per heavy atom. The molecule has 6 rings (SSSR count). The van der Waals surface area contributed by atoms with E-state index in [9.17, 15) is 32.3 Å². The average molecular weight is 664 g/mol. The lowest BCUT2D eigenvalue weighted by atomic mass is 9.87. The summed E-state index contributed by atoms with van der Waals surface area (Å²) in [4.78, 5) is 54.5. The molecule has 2 aliphatic rings. The number of nitrogens with zero attached hydrogens (tertiary/aromatic N) is 2. The number of thioether (sulfide) groups is 1. The van der Waals surface area contributed by atoms with Crippen LogP contribution in [0.1, 0.15) is 22.1 Å². The van der Waals surface area contributed by atoms with Crippen molar-refractivity contribution in [2.24, 2.45) is 5.92 Å². The third-order valence-corrected chi connectivity index (χ3v) is 9.89. The summed E-state index contributed by atoms with van der Waals surface area (Å²) in [6, 6.07) is 14.2. The number of hydrogen-bond acceptors (Lipinski definition) is 7. The predicted octanol–water partition coefficient (Wildman–Crippen LogP) is 5.72. The van der Waals surface area contributed by atoms with Crippen molar-refractivity contribution in [2.45, 2.75) is 28.9 Å². The SMILES string of the molecule is O=C(Cn1c2c(sc1=O)C(c1ccco1)C1C(=O)N(c3ccc(Br)cc3)C(=O)C1S2)Nc1cccc(C(F)(F)F)c1. The van der Waals surface area contributed by atoms with Gasteiger partial charge in [0.15, 0.2) is 0 Å². The number of imide groups is 1. The number of hydrogen-bond donors (Lipinski definition) is 1. The molecule has 0 radical (unpaired) electrons. The highest BCUT2D eigenvalue weighted by Crippen LogP contribution is 2.54. The van der Waals surface area contributed by atoms with Gasteiger partial charge in [-0.25, -0.2) is 4.90 Å². The zero-order valence-corrected chi connectivity index (χ0v) is 23.8. The maximum Gasteiger partial charge on any atom is 0.416 e. The van der Waals surface area contributed by atoms with Gasteiger partial charge >= 0.3 is 11.0 Å². The van der Waals surface area contributed by atoms with E-state index in [-0.39, 0.29) is 5.69 Å². The Kier molecular flexibility index (Phi) is 6.94. The van der Waals surface area contributed by atoms with Crippen molar-refractivity contribution in [1.29, 1.82) is 0 Å². The van der Waals surface area contributed by atoms with E-state index in [1.165, 1.54) is 23.0 Å². The van der Waals surface area contributed by atoms with Gasteiger partial charge in [-0.05, 0) is 54.6 Å². The van der Waals surface area contributed by atoms with Crippen LogP contribution in [0.5, 0.6) is 0 Å². The fraction of sp³-hybridized carbons (Fsp3) is 0.185. The van der Waals surface area contributed by atoms with Gasteiger partial charge in [0.25, 0.3) is 0 Å². The molecular formula is C27H17BrF3N3O5S2. The molecule has 2 aromatic carbocycles. The fourth-order valence-corrected chi connectivity index (χ4v) is 8.01. The van der Waals surface area contributed by atoms with E-state index in [1.807, 2.05) is 0 Å². The molecule has 2 aliphatic heterocycles. The molecule has 1 N–H and O–H groups in total. The summed E-state index contributed by atoms with van der Waals surface area (Å²) in [5.74, 6) is -2.85. The average Bonchev–Trinajstić information content (AvgIpc) is 3.62. The highest BCUT2D eigenvalue weighted by Gasteiger charge is 2.57. The summed E-state index contributed by atoms with van der Waals surface area (Å²) in [6.07, 6.45) is -3.16. The van der Waals surface area contributed by atoms with Crippen LogP contribution in [0.2, 0.25) is 0 Å². The quantitative estimate of drug-likeness (QED) is 0.274. The van der Waals surface area contributed by atoms with Crippen molar-refractivity contribution >= 4 is 68.1 Å². The smallest absolute Gasteiger partial charge is 0.416 e. The molecule has 1 fully saturated rings. The normalized spacial score (nSPS) is 20.2. The molecule has 0 bridgehead atoms. The minimum atomic E-state index is -4.59. The van der Waals surface area contributed by atoms with E-state index in [0.717, 1.165) is 44.6 Å². The first kappa shape index (κ1) is 27.5. The van der Waals surface area contributed by atoms with Crippen LogP contribution in [0.25, 0.3) is 0 Å². The minimum absolute atomic E-state index is 0.0788. The third kappa shape index (κ3) is 4.93. The van der Waals surface area contributed by atoms with E-state index in [2.05, 4.69) is 21.2 Å². The molecule has 0 spiro atoms. The molecule has 8 nitrogen and oxygen atoms in total. The van der Waals surface area contributed by atoms with Crippen LogP contribution < -0.4 is 15.1 Å². The molecule has 14 heteroatoms. The van der Waals surface area contributed by atoms with Crippen molar-refractivity contribution in [1.82, 2.24) is 4.57 Å². The number of benzene rings is 2. The van der Waals surface area contributed by atoms with Crippen LogP contribution in [-0.2, 0) is 27.1 Å². The van der Waals surface area contributed by atoms with E-state index >= 15 is 0 Å². The topological polar surface area (TPSA) is 102 Å². The van der Waals surface area contributed by atoms with Crippen LogP contribution in [0, 0.1) is 5.92 Å². The molecular weight excluding hydrogens is 647 g/mol. The Hall–Kier alpha value is -3.62. The standard InChI is InChI=1S/C27H17BrF3N3O5S2/c28-14-6-8-16(9-7-14)34-23(36)20-19(17-5-2-10-39-17)22-25(40-21(20)24(34)37)33(26(38)41-22)12-18(35)32-15-4-1-3-13(11-15)27(29,30)31/h1-11,19-21H,12H2,(H,32,35). The van der Waals surface area contributed by atoms with Crippen LogP contribution in [0.4, 0.5) is 24.5 Å². The number of fused-ring (bicyclic) bond motifs is 2. The van der Waals surface area contributed by atoms with Gasteiger partial charge < -0.3 is 9.73 Å². The highest BCUT2D eigenvalue weighted by atomic mass is 79.9. The van der Waals surface area contributed by atoms with Gasteiger partial charge in [0, 0.05) is 10.2 Å². The first-order valence-electron chi connectivity index (χ1n) is 12.1. The number of rotatable bonds is 5. The number of halogens is 4. The number of thiazole rings is 1. The Labute approximate surface area is 246 Å². The number of alkyl halides is 3. The molecule has 210 valence electrons. The van der Waals surface area contributed by atoms with Gasteiger partial charge in [0.05, 0.1) is 39.3 Å². The fourth-order valence-electron chi connectivity index (χ4n) is 4.99.